The number of para-hydroxylation sites is 1. The largest absolute Gasteiger partial charge is 0.491 e. The van der Waals surface area contributed by atoms with E-state index in [1.54, 1.807) is 7.11 Å². The summed E-state index contributed by atoms with van der Waals surface area (Å²) in [6.45, 7) is 4.29. The number of allylic oxidation sites excluding steroid dienone is 6. The van der Waals surface area contributed by atoms with Gasteiger partial charge in [0.2, 0.25) is 0 Å². The highest BCUT2D eigenvalue weighted by Crippen LogP contribution is 2.34. The lowest BCUT2D eigenvalue weighted by Gasteiger charge is -2.35. The highest BCUT2D eigenvalue weighted by Gasteiger charge is 2.27. The number of rotatable bonds is 6. The molecule has 1 aromatic carbocycles. The fourth-order valence-electron chi connectivity index (χ4n) is 5.30. The zero-order chi connectivity index (χ0) is 25.8. The van der Waals surface area contributed by atoms with Gasteiger partial charge in [-0.05, 0) is 73.9 Å². The van der Waals surface area contributed by atoms with Crippen LogP contribution in [0.25, 0.3) is 16.5 Å². The van der Waals surface area contributed by atoms with E-state index >= 15 is 0 Å². The Morgan fingerprint density at radius 3 is 2.89 bits per heavy atom. The molecular formula is C31H36FN3O2. The molecule has 0 amide bonds. The monoisotopic (exact) mass is 501 g/mol. The molecule has 37 heavy (non-hydrogen) atoms. The molecule has 0 bridgehead atoms. The number of piperidine rings is 1. The number of hydrogen-bond acceptors (Lipinski definition) is 5. The summed E-state index contributed by atoms with van der Waals surface area (Å²) in [7, 11) is 1.67. The summed E-state index contributed by atoms with van der Waals surface area (Å²) in [6, 6.07) is 8.03. The molecule has 194 valence electrons. The highest BCUT2D eigenvalue weighted by molar-refractivity contribution is 5.94. The van der Waals surface area contributed by atoms with E-state index in [2.05, 4.69) is 54.0 Å². The molecule has 2 unspecified atom stereocenters. The second-order valence-electron chi connectivity index (χ2n) is 10.0. The Kier molecular flexibility index (Phi) is 7.90. The van der Waals surface area contributed by atoms with Gasteiger partial charge in [0.1, 0.15) is 18.5 Å². The van der Waals surface area contributed by atoms with E-state index in [0.717, 1.165) is 60.3 Å². The molecule has 5 rings (SSSR count). The Balaban J connectivity index is 1.41. The van der Waals surface area contributed by atoms with E-state index < -0.39 is 6.17 Å². The lowest BCUT2D eigenvalue weighted by molar-refractivity contribution is 0.114. The fourth-order valence-corrected chi connectivity index (χ4v) is 5.30. The summed E-state index contributed by atoms with van der Waals surface area (Å²) in [5.74, 6) is 0.827. The van der Waals surface area contributed by atoms with Crippen LogP contribution in [0.2, 0.25) is 0 Å². The van der Waals surface area contributed by atoms with E-state index in [-0.39, 0.29) is 6.04 Å². The number of benzene rings is 1. The van der Waals surface area contributed by atoms with Crippen molar-refractivity contribution < 1.29 is 13.9 Å². The van der Waals surface area contributed by atoms with Gasteiger partial charge in [-0.3, -0.25) is 0 Å². The van der Waals surface area contributed by atoms with Crippen LogP contribution in [0.1, 0.15) is 43.4 Å². The Labute approximate surface area is 218 Å². The van der Waals surface area contributed by atoms with Gasteiger partial charge in [0.05, 0.1) is 30.0 Å². The number of aromatic nitrogens is 1. The van der Waals surface area contributed by atoms with Crippen LogP contribution in [-0.4, -0.2) is 50.6 Å². The Morgan fingerprint density at radius 1 is 1.19 bits per heavy atom. The third kappa shape index (κ3) is 5.72. The number of pyridine rings is 1. The van der Waals surface area contributed by atoms with Gasteiger partial charge in [-0.25, -0.2) is 9.37 Å². The Bertz CT molecular complexity index is 1320. The van der Waals surface area contributed by atoms with Gasteiger partial charge in [0.25, 0.3) is 0 Å². The second-order valence-corrected chi connectivity index (χ2v) is 10.0. The van der Waals surface area contributed by atoms with Crippen LogP contribution >= 0.6 is 0 Å². The number of halogens is 1. The van der Waals surface area contributed by atoms with Crippen molar-refractivity contribution in [2.24, 2.45) is 5.73 Å². The third-order valence-corrected chi connectivity index (χ3v) is 7.44. The van der Waals surface area contributed by atoms with Gasteiger partial charge in [0, 0.05) is 36.7 Å². The first-order valence-electron chi connectivity index (χ1n) is 13.3. The van der Waals surface area contributed by atoms with E-state index in [9.17, 15) is 4.39 Å². The Hall–Kier alpha value is -3.18. The van der Waals surface area contributed by atoms with E-state index in [4.69, 9.17) is 20.2 Å². The van der Waals surface area contributed by atoms with Gasteiger partial charge in [-0.2, -0.15) is 0 Å². The van der Waals surface area contributed by atoms with Gasteiger partial charge in [0.15, 0.2) is 0 Å². The molecule has 1 aromatic heterocycles. The van der Waals surface area contributed by atoms with E-state index in [0.29, 0.717) is 26.2 Å². The lowest BCUT2D eigenvalue weighted by atomic mass is 9.94. The highest BCUT2D eigenvalue weighted by atomic mass is 19.1. The predicted octanol–water partition coefficient (Wildman–Crippen LogP) is 5.94. The summed E-state index contributed by atoms with van der Waals surface area (Å²) in [6.07, 6.45) is 11.9. The van der Waals surface area contributed by atoms with Gasteiger partial charge < -0.3 is 20.1 Å². The van der Waals surface area contributed by atoms with E-state index in [1.165, 1.54) is 22.3 Å². The molecule has 1 aliphatic heterocycles. The van der Waals surface area contributed by atoms with Crippen LogP contribution in [0.4, 0.5) is 10.1 Å². The average molecular weight is 502 g/mol. The van der Waals surface area contributed by atoms with Crippen LogP contribution in [0, 0.1) is 6.92 Å². The maximum absolute atomic E-state index is 14.5. The molecule has 0 radical (unpaired) electrons. The smallest absolute Gasteiger partial charge is 0.133 e. The molecule has 2 aliphatic carbocycles. The standard InChI is InChI=1S/C31H36FN3O2/c1-21-18-29(34-31-26(21)8-5-9-30(31)35-15-14-28(33)27(32)20-35)23-6-3-4-7-24-19-25(37-17-16-36-2)13-12-22(24)10-11-23/h5-9,13,18-19,27-28H,3-4,10-11,14-17,20,33H2,1-2H3/b23-6+,24-7-. The number of aryl methyl sites for hydroxylation is 1. The molecule has 5 nitrogen and oxygen atoms in total. The van der Waals surface area contributed by atoms with Crippen LogP contribution < -0.4 is 10.6 Å². The van der Waals surface area contributed by atoms with Crippen LogP contribution in [0.3, 0.4) is 0 Å². The number of methoxy groups -OCH3 is 1. The maximum Gasteiger partial charge on any atom is 0.133 e. The molecule has 2 aromatic rings. The zero-order valence-corrected chi connectivity index (χ0v) is 21.8. The van der Waals surface area contributed by atoms with Gasteiger partial charge >= 0.3 is 0 Å². The van der Waals surface area contributed by atoms with Crippen LogP contribution in [-0.2, 0) is 9.47 Å². The summed E-state index contributed by atoms with van der Waals surface area (Å²) in [5.41, 5.74) is 17.2. The summed E-state index contributed by atoms with van der Waals surface area (Å²) >= 11 is 0. The molecule has 2 heterocycles. The normalized spacial score (nSPS) is 25.0. The van der Waals surface area contributed by atoms with Crippen molar-refractivity contribution in [1.29, 1.82) is 0 Å². The molecular weight excluding hydrogens is 465 g/mol. The molecule has 1 saturated heterocycles. The number of anilines is 1. The SMILES string of the molecule is COCCOC1=C/C2=C/CC/C=C(/c3cc(C)c4cccc(N5CCC(N)C(F)C5)c4n3)CCC2=C=C1. The molecule has 2 N–H and O–H groups in total. The molecule has 2 atom stereocenters. The number of fused-ring (bicyclic) bond motifs is 2. The molecule has 6 heteroatoms. The number of hydrogen-bond donors (Lipinski definition) is 1. The number of ether oxygens (including phenoxy) is 2. The van der Waals surface area contributed by atoms with Gasteiger partial charge in [-0.15, -0.1) is 5.73 Å². The number of alkyl halides is 1. The lowest BCUT2D eigenvalue weighted by Crippen LogP contribution is -2.48. The van der Waals surface area contributed by atoms with Crippen molar-refractivity contribution in [3.8, 4) is 0 Å². The minimum Gasteiger partial charge on any atom is -0.491 e. The summed E-state index contributed by atoms with van der Waals surface area (Å²) < 4.78 is 25.4. The summed E-state index contributed by atoms with van der Waals surface area (Å²) in [5, 5.41) is 1.11. The minimum absolute atomic E-state index is 0.313. The number of nitrogens with zero attached hydrogens (tertiary/aromatic N) is 2. The zero-order valence-electron chi connectivity index (χ0n) is 21.8. The fraction of sp³-hybridized carbons (Fsp3) is 0.419. The topological polar surface area (TPSA) is 60.6 Å². The molecule has 0 saturated carbocycles. The van der Waals surface area contributed by atoms with Crippen LogP contribution in [0.15, 0.2) is 71.2 Å². The molecule has 1 fully saturated rings. The first kappa shape index (κ1) is 25.5. The van der Waals surface area contributed by atoms with Crippen molar-refractivity contribution in [3.05, 3.63) is 82.5 Å². The molecule has 0 spiro atoms. The first-order chi connectivity index (χ1) is 18.0. The molecule has 3 aliphatic rings. The van der Waals surface area contributed by atoms with Crippen molar-refractivity contribution >= 4 is 22.2 Å². The van der Waals surface area contributed by atoms with E-state index in [1.807, 2.05) is 12.1 Å². The third-order valence-electron chi connectivity index (χ3n) is 7.44. The second kappa shape index (κ2) is 11.5. The average Bonchev–Trinajstić information content (AvgIpc) is 3.00. The Morgan fingerprint density at radius 2 is 2.05 bits per heavy atom. The predicted molar refractivity (Wildman–Crippen MR) is 148 cm³/mol. The van der Waals surface area contributed by atoms with Crippen molar-refractivity contribution in [1.82, 2.24) is 4.98 Å². The summed E-state index contributed by atoms with van der Waals surface area (Å²) in [4.78, 5) is 7.29. The van der Waals surface area contributed by atoms with Crippen molar-refractivity contribution in [2.45, 2.75) is 51.2 Å². The first-order valence-corrected chi connectivity index (χ1v) is 13.3. The maximum atomic E-state index is 14.5. The van der Waals surface area contributed by atoms with Gasteiger partial charge in [-0.1, -0.05) is 24.3 Å². The van der Waals surface area contributed by atoms with Crippen molar-refractivity contribution in [3.63, 3.8) is 0 Å². The number of nitrogens with two attached hydrogens (primary N) is 1. The minimum atomic E-state index is -1.02. The van der Waals surface area contributed by atoms with Crippen LogP contribution in [0.5, 0.6) is 0 Å². The van der Waals surface area contributed by atoms with Crippen molar-refractivity contribution in [2.75, 3.05) is 38.3 Å². The quantitative estimate of drug-likeness (QED) is 0.392.